The van der Waals surface area contributed by atoms with Gasteiger partial charge in [-0.1, -0.05) is 6.42 Å². The fraction of sp³-hybridized carbons (Fsp3) is 1.00. The van der Waals surface area contributed by atoms with Gasteiger partial charge in [0.15, 0.2) is 0 Å². The normalized spacial score (nSPS) is 31.7. The average molecular weight is 145 g/mol. The zero-order valence-electron chi connectivity index (χ0n) is 5.70. The van der Waals surface area contributed by atoms with E-state index < -0.39 is 0 Å². The molecule has 0 heterocycles. The van der Waals surface area contributed by atoms with E-state index in [9.17, 15) is 0 Å². The molecular formula is C8H13Cl. The SMILES string of the molecule is ClCC1CC2(CCC2)C1. The highest BCUT2D eigenvalue weighted by atomic mass is 35.5. The molecule has 2 saturated carbocycles. The van der Waals surface area contributed by atoms with Crippen molar-refractivity contribution in [1.29, 1.82) is 0 Å². The first-order valence-electron chi connectivity index (χ1n) is 3.91. The summed E-state index contributed by atoms with van der Waals surface area (Å²) in [5.74, 6) is 1.79. The maximum absolute atomic E-state index is 5.71. The zero-order valence-corrected chi connectivity index (χ0v) is 6.45. The quantitative estimate of drug-likeness (QED) is 0.497. The summed E-state index contributed by atoms with van der Waals surface area (Å²) >= 11 is 5.71. The van der Waals surface area contributed by atoms with Gasteiger partial charge in [0, 0.05) is 5.88 Å². The minimum atomic E-state index is 0.833. The van der Waals surface area contributed by atoms with E-state index in [1.54, 1.807) is 0 Å². The Bertz CT molecular complexity index is 108. The van der Waals surface area contributed by atoms with E-state index in [1.165, 1.54) is 32.1 Å². The Morgan fingerprint density at radius 2 is 2.00 bits per heavy atom. The van der Waals surface area contributed by atoms with Gasteiger partial charge in [-0.15, -0.1) is 11.6 Å². The van der Waals surface area contributed by atoms with Crippen molar-refractivity contribution in [2.45, 2.75) is 32.1 Å². The molecule has 0 aromatic rings. The van der Waals surface area contributed by atoms with Crippen LogP contribution in [0.2, 0.25) is 0 Å². The lowest BCUT2D eigenvalue weighted by Crippen LogP contribution is -2.43. The van der Waals surface area contributed by atoms with Crippen LogP contribution >= 0.6 is 11.6 Å². The molecule has 0 unspecified atom stereocenters. The van der Waals surface area contributed by atoms with E-state index in [-0.39, 0.29) is 0 Å². The molecule has 2 aliphatic rings. The van der Waals surface area contributed by atoms with Gasteiger partial charge in [0.25, 0.3) is 0 Å². The summed E-state index contributed by atoms with van der Waals surface area (Å²) in [6.45, 7) is 0. The molecule has 0 bridgehead atoms. The monoisotopic (exact) mass is 144 g/mol. The lowest BCUT2D eigenvalue weighted by molar-refractivity contribution is -0.0146. The second kappa shape index (κ2) is 1.88. The molecule has 0 N–H and O–H groups in total. The number of hydrogen-bond acceptors (Lipinski definition) is 0. The predicted molar refractivity (Wildman–Crippen MR) is 39.7 cm³/mol. The third-order valence-electron chi connectivity index (χ3n) is 3.08. The standard InChI is InChI=1S/C8H13Cl/c9-6-7-4-8(5-7)2-1-3-8/h7H,1-6H2. The van der Waals surface area contributed by atoms with Crippen molar-refractivity contribution in [2.75, 3.05) is 5.88 Å². The Hall–Kier alpha value is 0.290. The van der Waals surface area contributed by atoms with Gasteiger partial charge in [0.05, 0.1) is 0 Å². The van der Waals surface area contributed by atoms with Gasteiger partial charge in [-0.25, -0.2) is 0 Å². The van der Waals surface area contributed by atoms with Gasteiger partial charge in [0.1, 0.15) is 0 Å². The topological polar surface area (TPSA) is 0 Å². The molecule has 1 spiro atoms. The van der Waals surface area contributed by atoms with Crippen molar-refractivity contribution in [1.82, 2.24) is 0 Å². The summed E-state index contributed by atoms with van der Waals surface area (Å²) in [5, 5.41) is 0. The highest BCUT2D eigenvalue weighted by Gasteiger charge is 2.47. The number of alkyl halides is 1. The molecular weight excluding hydrogens is 132 g/mol. The van der Waals surface area contributed by atoms with Crippen LogP contribution in [0.3, 0.4) is 0 Å². The zero-order chi connectivity index (χ0) is 6.32. The van der Waals surface area contributed by atoms with Gasteiger partial charge in [0.2, 0.25) is 0 Å². The van der Waals surface area contributed by atoms with E-state index in [0.717, 1.165) is 17.2 Å². The highest BCUT2D eigenvalue weighted by molar-refractivity contribution is 6.18. The van der Waals surface area contributed by atoms with Crippen LogP contribution in [0, 0.1) is 11.3 Å². The van der Waals surface area contributed by atoms with Gasteiger partial charge in [-0.3, -0.25) is 0 Å². The van der Waals surface area contributed by atoms with Crippen LogP contribution in [0.5, 0.6) is 0 Å². The molecule has 2 rings (SSSR count). The Balaban J connectivity index is 1.82. The average Bonchev–Trinajstić information content (AvgIpc) is 1.59. The summed E-state index contributed by atoms with van der Waals surface area (Å²) in [4.78, 5) is 0. The summed E-state index contributed by atoms with van der Waals surface area (Å²) in [7, 11) is 0. The lowest BCUT2D eigenvalue weighted by atomic mass is 9.52. The predicted octanol–water partition coefficient (Wildman–Crippen LogP) is 2.81. The first-order valence-corrected chi connectivity index (χ1v) is 4.44. The molecule has 0 nitrogen and oxygen atoms in total. The Kier molecular flexibility index (Phi) is 1.26. The van der Waals surface area contributed by atoms with Crippen molar-refractivity contribution in [2.24, 2.45) is 11.3 Å². The van der Waals surface area contributed by atoms with Gasteiger partial charge >= 0.3 is 0 Å². The first-order chi connectivity index (χ1) is 4.35. The Labute approximate surface area is 61.6 Å². The fourth-order valence-corrected chi connectivity index (χ4v) is 2.58. The van der Waals surface area contributed by atoms with Crippen molar-refractivity contribution < 1.29 is 0 Å². The van der Waals surface area contributed by atoms with Crippen LogP contribution in [-0.4, -0.2) is 5.88 Å². The van der Waals surface area contributed by atoms with Crippen LogP contribution < -0.4 is 0 Å². The molecule has 0 atom stereocenters. The van der Waals surface area contributed by atoms with E-state index in [2.05, 4.69) is 0 Å². The maximum Gasteiger partial charge on any atom is 0.0252 e. The summed E-state index contributed by atoms with van der Waals surface area (Å²) in [6, 6.07) is 0. The highest BCUT2D eigenvalue weighted by Crippen LogP contribution is 2.58. The molecule has 0 aromatic heterocycles. The molecule has 0 aliphatic heterocycles. The number of rotatable bonds is 1. The summed E-state index contributed by atoms with van der Waals surface area (Å²) in [6.07, 6.45) is 7.36. The second-order valence-electron chi connectivity index (χ2n) is 3.78. The number of hydrogen-bond donors (Lipinski definition) is 0. The molecule has 0 aromatic carbocycles. The van der Waals surface area contributed by atoms with Crippen LogP contribution in [0.25, 0.3) is 0 Å². The van der Waals surface area contributed by atoms with E-state index in [0.29, 0.717) is 0 Å². The van der Waals surface area contributed by atoms with Crippen LogP contribution in [0.4, 0.5) is 0 Å². The Morgan fingerprint density at radius 3 is 2.33 bits per heavy atom. The summed E-state index contributed by atoms with van der Waals surface area (Å²) in [5.41, 5.74) is 0.833. The third-order valence-corrected chi connectivity index (χ3v) is 3.51. The third kappa shape index (κ3) is 0.797. The Morgan fingerprint density at radius 1 is 1.33 bits per heavy atom. The molecule has 0 saturated heterocycles. The van der Waals surface area contributed by atoms with Gasteiger partial charge in [-0.05, 0) is 37.0 Å². The van der Waals surface area contributed by atoms with Crippen molar-refractivity contribution in [3.8, 4) is 0 Å². The fourth-order valence-electron chi connectivity index (χ4n) is 2.36. The van der Waals surface area contributed by atoms with Crippen molar-refractivity contribution >= 4 is 11.6 Å². The molecule has 0 radical (unpaired) electrons. The van der Waals surface area contributed by atoms with E-state index in [1.807, 2.05) is 0 Å². The maximum atomic E-state index is 5.71. The van der Waals surface area contributed by atoms with Gasteiger partial charge < -0.3 is 0 Å². The van der Waals surface area contributed by atoms with E-state index >= 15 is 0 Å². The molecule has 0 amide bonds. The lowest BCUT2D eigenvalue weighted by Gasteiger charge is -2.54. The molecule has 52 valence electrons. The van der Waals surface area contributed by atoms with Crippen LogP contribution in [-0.2, 0) is 0 Å². The number of halogens is 1. The molecule has 2 fully saturated rings. The van der Waals surface area contributed by atoms with Crippen molar-refractivity contribution in [3.05, 3.63) is 0 Å². The smallest absolute Gasteiger partial charge is 0.0252 e. The van der Waals surface area contributed by atoms with Crippen LogP contribution in [0.1, 0.15) is 32.1 Å². The summed E-state index contributed by atoms with van der Waals surface area (Å²) < 4.78 is 0. The minimum absolute atomic E-state index is 0.833. The van der Waals surface area contributed by atoms with Crippen LogP contribution in [0.15, 0.2) is 0 Å². The molecule has 2 aliphatic carbocycles. The first kappa shape index (κ1) is 6.03. The minimum Gasteiger partial charge on any atom is -0.126 e. The largest absolute Gasteiger partial charge is 0.126 e. The molecule has 9 heavy (non-hydrogen) atoms. The van der Waals surface area contributed by atoms with Crippen molar-refractivity contribution in [3.63, 3.8) is 0 Å². The van der Waals surface area contributed by atoms with E-state index in [4.69, 9.17) is 11.6 Å². The van der Waals surface area contributed by atoms with Gasteiger partial charge in [-0.2, -0.15) is 0 Å². The molecule has 1 heteroatoms. The second-order valence-corrected chi connectivity index (χ2v) is 4.09.